The van der Waals surface area contributed by atoms with E-state index in [1.165, 1.54) is 25.0 Å². The molecule has 1 heterocycles. The van der Waals surface area contributed by atoms with Crippen LogP contribution in [0.4, 0.5) is 5.69 Å². The second-order valence-electron chi connectivity index (χ2n) is 3.17. The Balaban J connectivity index is 2.57. The summed E-state index contributed by atoms with van der Waals surface area (Å²) < 4.78 is 3.00. The van der Waals surface area contributed by atoms with Crippen molar-refractivity contribution < 1.29 is 29.8 Å². The van der Waals surface area contributed by atoms with Gasteiger partial charge in [-0.25, -0.2) is 0 Å². The number of aromatic nitrogens is 1. The number of nitrogens with one attached hydrogen (secondary N) is 2. The first-order valence-electron chi connectivity index (χ1n) is 4.87. The average molecular weight is 402 g/mol. The van der Waals surface area contributed by atoms with Gasteiger partial charge in [0.25, 0.3) is 0 Å². The maximum absolute atomic E-state index is 11.6. The van der Waals surface area contributed by atoms with Crippen LogP contribution in [0, 0.1) is 25.0 Å². The van der Waals surface area contributed by atoms with E-state index in [1.54, 1.807) is 18.5 Å². The van der Waals surface area contributed by atoms with E-state index in [9.17, 15) is 4.79 Å². The van der Waals surface area contributed by atoms with Gasteiger partial charge in [0, 0.05) is 0 Å². The zero-order valence-electron chi connectivity index (χ0n) is 8.59. The minimum atomic E-state index is -0.0558. The summed E-state index contributed by atoms with van der Waals surface area (Å²) in [5.41, 5.74) is 1.47. The fourth-order valence-corrected chi connectivity index (χ4v) is 1.50. The van der Waals surface area contributed by atoms with Crippen LogP contribution in [-0.4, -0.2) is 17.4 Å². The minimum absolute atomic E-state index is 0.0558. The van der Waals surface area contributed by atoms with Crippen LogP contribution in [0.25, 0.3) is 0 Å². The van der Waals surface area contributed by atoms with Crippen LogP contribution in [0.3, 0.4) is 0 Å². The van der Waals surface area contributed by atoms with E-state index in [4.69, 9.17) is 0 Å². The molecule has 0 aliphatic carbocycles. The van der Waals surface area contributed by atoms with E-state index in [2.05, 4.69) is 20.5 Å². The number of nitrogens with zero attached hydrogens (tertiary/aromatic N) is 1. The first-order valence-corrected chi connectivity index (χ1v) is 6.34. The van der Waals surface area contributed by atoms with Gasteiger partial charge in [-0.1, -0.05) is 0 Å². The summed E-state index contributed by atoms with van der Waals surface area (Å²) in [7, 11) is 0. The number of pyridine rings is 1. The molecule has 2 N–H and O–H groups in total. The van der Waals surface area contributed by atoms with Crippen LogP contribution in [0.5, 0.6) is 0 Å². The number of carbonyl (C=O) groups excluding carboxylic acids is 1. The van der Waals surface area contributed by atoms with Crippen LogP contribution in [-0.2, 0) is 0 Å². The monoisotopic (exact) mass is 402 g/mol. The standard InChI is InChI=1S/C10H14AtN3O/c1-2-3-4-13-10(15)8-5-9(14-11)7-12-6-8/h5-7,14H,2-4H2,1H3,(H,13,15). The Morgan fingerprint density at radius 1 is 1.53 bits per heavy atom. The fraction of sp³-hybridized carbons (Fsp3) is 0.400. The van der Waals surface area contributed by atoms with Crippen LogP contribution >= 0.6 is 0 Å². The van der Waals surface area contributed by atoms with E-state index in [-0.39, 0.29) is 5.91 Å². The number of unbranched alkanes of at least 4 members (excludes halogenated alkanes) is 1. The van der Waals surface area contributed by atoms with Crippen molar-refractivity contribution in [2.75, 3.05) is 9.81 Å². The molecule has 0 spiro atoms. The summed E-state index contributed by atoms with van der Waals surface area (Å²) >= 11 is 1.42. The third kappa shape index (κ3) is 4.12. The third-order valence-corrected chi connectivity index (χ3v) is 2.77. The van der Waals surface area contributed by atoms with Gasteiger partial charge in [0.05, 0.1) is 0 Å². The number of carbonyl (C=O) groups is 1. The van der Waals surface area contributed by atoms with Gasteiger partial charge in [-0.3, -0.25) is 0 Å². The Labute approximate surface area is 105 Å². The van der Waals surface area contributed by atoms with Gasteiger partial charge >= 0.3 is 105 Å². The molecule has 0 unspecified atom stereocenters. The van der Waals surface area contributed by atoms with E-state index in [0.717, 1.165) is 25.1 Å². The molecule has 0 saturated heterocycles. The van der Waals surface area contributed by atoms with Crippen molar-refractivity contribution in [2.24, 2.45) is 0 Å². The van der Waals surface area contributed by atoms with Crippen molar-refractivity contribution >= 4 is 11.6 Å². The van der Waals surface area contributed by atoms with Gasteiger partial charge in [-0.15, -0.1) is 0 Å². The third-order valence-electron chi connectivity index (χ3n) is 1.93. The quantitative estimate of drug-likeness (QED) is 0.734. The molecule has 4 nitrogen and oxygen atoms in total. The number of hydrogen-bond donors (Lipinski definition) is 2. The molecule has 0 atom stereocenters. The summed E-state index contributed by atoms with van der Waals surface area (Å²) in [6.45, 7) is 2.82. The summed E-state index contributed by atoms with van der Waals surface area (Å²) in [5.74, 6) is -0.0558. The predicted molar refractivity (Wildman–Crippen MR) is 55.1 cm³/mol. The molecular weight excluding hydrogens is 388 g/mol. The molecule has 82 valence electrons. The molecular formula is C10H14AtN3O. The van der Waals surface area contributed by atoms with Crippen LogP contribution in [0.2, 0.25) is 0 Å². The molecule has 0 aliphatic rings. The molecule has 0 aliphatic heterocycles. The molecule has 1 aromatic heterocycles. The SMILES string of the molecule is CCCCNC(=O)c1cncc(N[At])c1. The Morgan fingerprint density at radius 3 is 3.00 bits per heavy atom. The summed E-state index contributed by atoms with van der Waals surface area (Å²) in [6, 6.07) is 1.80. The molecule has 0 saturated carbocycles. The molecule has 0 bridgehead atoms. The second-order valence-corrected chi connectivity index (χ2v) is 3.90. The van der Waals surface area contributed by atoms with Crippen molar-refractivity contribution in [1.29, 1.82) is 0 Å². The molecule has 1 rings (SSSR count). The van der Waals surface area contributed by atoms with Gasteiger partial charge in [-0.2, -0.15) is 0 Å². The normalized spacial score (nSPS) is 9.73. The predicted octanol–water partition coefficient (Wildman–Crippen LogP) is 1.49. The Morgan fingerprint density at radius 2 is 2.33 bits per heavy atom. The van der Waals surface area contributed by atoms with Crippen molar-refractivity contribution in [2.45, 2.75) is 19.8 Å². The zero-order chi connectivity index (χ0) is 11.1. The van der Waals surface area contributed by atoms with Gasteiger partial charge in [-0.05, 0) is 0 Å². The van der Waals surface area contributed by atoms with E-state index in [0.29, 0.717) is 5.56 Å². The van der Waals surface area contributed by atoms with E-state index in [1.807, 2.05) is 0 Å². The number of rotatable bonds is 5. The van der Waals surface area contributed by atoms with Crippen molar-refractivity contribution in [1.82, 2.24) is 10.3 Å². The molecule has 5 heteroatoms. The molecule has 1 amide bonds. The Hall–Kier alpha value is -0.697. The van der Waals surface area contributed by atoms with E-state index >= 15 is 0 Å². The Bertz CT molecular complexity index is 330. The van der Waals surface area contributed by atoms with E-state index < -0.39 is 0 Å². The van der Waals surface area contributed by atoms with Gasteiger partial charge in [0.1, 0.15) is 0 Å². The number of hydrogen-bond acceptors (Lipinski definition) is 3. The van der Waals surface area contributed by atoms with Crippen molar-refractivity contribution in [3.63, 3.8) is 0 Å². The summed E-state index contributed by atoms with van der Waals surface area (Å²) in [5, 5.41) is 2.85. The fourth-order valence-electron chi connectivity index (χ4n) is 1.10. The van der Waals surface area contributed by atoms with Crippen LogP contribution in [0.15, 0.2) is 18.5 Å². The van der Waals surface area contributed by atoms with Crippen molar-refractivity contribution in [3.8, 4) is 0 Å². The Kier molecular flexibility index (Phi) is 5.55. The van der Waals surface area contributed by atoms with Crippen LogP contribution < -0.4 is 8.58 Å². The summed E-state index contributed by atoms with van der Waals surface area (Å²) in [6.07, 6.45) is 5.36. The topological polar surface area (TPSA) is 54.0 Å². The average Bonchev–Trinajstić information content (AvgIpc) is 2.29. The van der Waals surface area contributed by atoms with Crippen LogP contribution in [0.1, 0.15) is 30.1 Å². The number of amides is 1. The maximum atomic E-state index is 11.6. The zero-order valence-corrected chi connectivity index (χ0v) is 11.5. The molecule has 0 radical (unpaired) electrons. The molecule has 0 aromatic carbocycles. The first-order chi connectivity index (χ1) is 7.27. The van der Waals surface area contributed by atoms with Crippen molar-refractivity contribution in [3.05, 3.63) is 24.0 Å². The van der Waals surface area contributed by atoms with Gasteiger partial charge in [0.2, 0.25) is 0 Å². The second kappa shape index (κ2) is 6.73. The molecule has 1 aromatic rings. The molecule has 0 fully saturated rings. The number of anilines is 1. The van der Waals surface area contributed by atoms with Gasteiger partial charge < -0.3 is 0 Å². The van der Waals surface area contributed by atoms with Gasteiger partial charge in [0.15, 0.2) is 0 Å². The molecule has 15 heavy (non-hydrogen) atoms. The summed E-state index contributed by atoms with van der Waals surface area (Å²) in [4.78, 5) is 15.6. The first kappa shape index (κ1) is 12.4.